The number of carbonyl (C=O) groups excluding carboxylic acids is 4. The maximum absolute atomic E-state index is 12.0. The van der Waals surface area contributed by atoms with Gasteiger partial charge in [-0.2, -0.15) is 10.2 Å². The second-order valence-corrected chi connectivity index (χ2v) is 9.12. The molecule has 0 heterocycles. The number of amides is 4. The molecule has 0 aliphatic heterocycles. The number of carbonyl (C=O) groups is 4. The molecule has 12 heteroatoms. The third-order valence-corrected chi connectivity index (χ3v) is 5.86. The van der Waals surface area contributed by atoms with Crippen LogP contribution in [0.5, 0.6) is 0 Å². The summed E-state index contributed by atoms with van der Waals surface area (Å²) in [6.45, 7) is 0. The SMILES string of the molecule is O=C(CCC(=O)Nc1ccccc1Cl)N/N=C/c1ccc(/C=N/NC(=O)CCC(=O)Nc2ccccc2Cl)cc1. The molecule has 3 aromatic carbocycles. The number of hydrazone groups is 2. The number of hydrogen-bond donors (Lipinski definition) is 4. The van der Waals surface area contributed by atoms with Crippen molar-refractivity contribution in [1.82, 2.24) is 10.9 Å². The Morgan fingerprint density at radius 1 is 0.550 bits per heavy atom. The number of para-hydroxylation sites is 2. The number of hydrogen-bond acceptors (Lipinski definition) is 6. The predicted octanol–water partition coefficient (Wildman–Crippen LogP) is 4.73. The van der Waals surface area contributed by atoms with E-state index in [2.05, 4.69) is 31.7 Å². The van der Waals surface area contributed by atoms with E-state index in [0.29, 0.717) is 32.5 Å². The van der Waals surface area contributed by atoms with Gasteiger partial charge in [0.25, 0.3) is 0 Å². The molecule has 0 unspecified atom stereocenters. The van der Waals surface area contributed by atoms with Crippen LogP contribution in [0.2, 0.25) is 10.0 Å². The molecule has 0 fully saturated rings. The van der Waals surface area contributed by atoms with Crippen LogP contribution in [0.1, 0.15) is 36.8 Å². The Kier molecular flexibility index (Phi) is 11.8. The van der Waals surface area contributed by atoms with Gasteiger partial charge in [-0.15, -0.1) is 0 Å². The van der Waals surface area contributed by atoms with Gasteiger partial charge < -0.3 is 10.6 Å². The Morgan fingerprint density at radius 2 is 0.900 bits per heavy atom. The standard InChI is InChI=1S/C28H26Cl2N6O4/c29-21-5-1-3-7-23(21)33-25(37)13-15-27(39)35-31-17-19-9-11-20(12-10-19)18-32-36-28(40)16-14-26(38)34-24-8-4-2-6-22(24)30/h1-12,17-18H,13-16H2,(H,33,37)(H,34,38)(H,35,39)(H,36,40)/b31-17+,32-18+. The van der Waals surface area contributed by atoms with Crippen LogP contribution in [0.4, 0.5) is 11.4 Å². The molecule has 40 heavy (non-hydrogen) atoms. The summed E-state index contributed by atoms with van der Waals surface area (Å²) in [6.07, 6.45) is 2.79. The smallest absolute Gasteiger partial charge is 0.240 e. The lowest BCUT2D eigenvalue weighted by atomic mass is 10.2. The third kappa shape index (κ3) is 10.7. The Morgan fingerprint density at radius 3 is 1.27 bits per heavy atom. The number of halogens is 2. The summed E-state index contributed by atoms with van der Waals surface area (Å²) in [5.41, 5.74) is 7.14. The minimum absolute atomic E-state index is 0.0209. The van der Waals surface area contributed by atoms with Crippen molar-refractivity contribution in [2.24, 2.45) is 10.2 Å². The summed E-state index contributed by atoms with van der Waals surface area (Å²) in [5.74, 6) is -1.49. The predicted molar refractivity (Wildman–Crippen MR) is 157 cm³/mol. The largest absolute Gasteiger partial charge is 0.325 e. The number of nitrogens with zero attached hydrogens (tertiary/aromatic N) is 2. The molecule has 206 valence electrons. The molecular formula is C28H26Cl2N6O4. The van der Waals surface area contributed by atoms with E-state index < -0.39 is 11.8 Å². The maximum Gasteiger partial charge on any atom is 0.240 e. The number of anilines is 2. The summed E-state index contributed by atoms with van der Waals surface area (Å²) in [7, 11) is 0. The van der Waals surface area contributed by atoms with E-state index in [1.807, 2.05) is 0 Å². The molecule has 0 aromatic heterocycles. The van der Waals surface area contributed by atoms with Crippen molar-refractivity contribution in [2.75, 3.05) is 10.6 Å². The number of benzene rings is 3. The summed E-state index contributed by atoms with van der Waals surface area (Å²) in [4.78, 5) is 47.9. The topological polar surface area (TPSA) is 141 Å². The Labute approximate surface area is 240 Å². The molecular weight excluding hydrogens is 555 g/mol. The van der Waals surface area contributed by atoms with Crippen molar-refractivity contribution in [3.63, 3.8) is 0 Å². The second-order valence-electron chi connectivity index (χ2n) is 8.31. The first kappa shape index (κ1) is 30.0. The lowest BCUT2D eigenvalue weighted by Gasteiger charge is -2.06. The van der Waals surface area contributed by atoms with Gasteiger partial charge in [0.05, 0.1) is 33.8 Å². The molecule has 4 N–H and O–H groups in total. The first-order valence-corrected chi connectivity index (χ1v) is 12.9. The molecule has 3 aromatic rings. The van der Waals surface area contributed by atoms with Crippen molar-refractivity contribution in [2.45, 2.75) is 25.7 Å². The first-order valence-electron chi connectivity index (χ1n) is 12.1. The van der Waals surface area contributed by atoms with E-state index in [0.717, 1.165) is 0 Å². The van der Waals surface area contributed by atoms with E-state index in [4.69, 9.17) is 23.2 Å². The highest BCUT2D eigenvalue weighted by molar-refractivity contribution is 6.34. The van der Waals surface area contributed by atoms with Crippen molar-refractivity contribution >= 4 is 70.6 Å². The van der Waals surface area contributed by atoms with Gasteiger partial charge in [0.2, 0.25) is 23.6 Å². The third-order valence-electron chi connectivity index (χ3n) is 5.20. The van der Waals surface area contributed by atoms with E-state index in [1.165, 1.54) is 12.4 Å². The molecule has 0 saturated carbocycles. The fraction of sp³-hybridized carbons (Fsp3) is 0.143. The van der Waals surface area contributed by atoms with Gasteiger partial charge in [-0.05, 0) is 35.4 Å². The van der Waals surface area contributed by atoms with Crippen molar-refractivity contribution < 1.29 is 19.2 Å². The molecule has 0 radical (unpaired) electrons. The zero-order chi connectivity index (χ0) is 28.7. The number of rotatable bonds is 12. The van der Waals surface area contributed by atoms with Gasteiger partial charge in [0.15, 0.2) is 0 Å². The summed E-state index contributed by atoms with van der Waals surface area (Å²) >= 11 is 12.0. The highest BCUT2D eigenvalue weighted by atomic mass is 35.5. The highest BCUT2D eigenvalue weighted by Gasteiger charge is 2.09. The molecule has 0 aliphatic carbocycles. The summed E-state index contributed by atoms with van der Waals surface area (Å²) in [5, 5.41) is 13.9. The molecule has 3 rings (SSSR count). The minimum Gasteiger partial charge on any atom is -0.325 e. The zero-order valence-corrected chi connectivity index (χ0v) is 22.7. The highest BCUT2D eigenvalue weighted by Crippen LogP contribution is 2.21. The van der Waals surface area contributed by atoms with Crippen LogP contribution in [0, 0.1) is 0 Å². The number of nitrogens with one attached hydrogen (secondary N) is 4. The van der Waals surface area contributed by atoms with Crippen LogP contribution in [0.15, 0.2) is 83.0 Å². The van der Waals surface area contributed by atoms with Gasteiger partial charge >= 0.3 is 0 Å². The summed E-state index contributed by atoms with van der Waals surface area (Å²) in [6, 6.07) is 20.6. The van der Waals surface area contributed by atoms with Gasteiger partial charge in [-0.25, -0.2) is 10.9 Å². The first-order chi connectivity index (χ1) is 19.3. The zero-order valence-electron chi connectivity index (χ0n) is 21.2. The van der Waals surface area contributed by atoms with E-state index in [9.17, 15) is 19.2 Å². The van der Waals surface area contributed by atoms with E-state index in [-0.39, 0.29) is 37.5 Å². The molecule has 0 aliphatic rings. The fourth-order valence-corrected chi connectivity index (χ4v) is 3.51. The molecule has 4 amide bonds. The lowest BCUT2D eigenvalue weighted by molar-refractivity contribution is -0.124. The minimum atomic E-state index is -0.411. The fourth-order valence-electron chi connectivity index (χ4n) is 3.14. The van der Waals surface area contributed by atoms with Crippen LogP contribution in [0.25, 0.3) is 0 Å². The van der Waals surface area contributed by atoms with Gasteiger partial charge in [0.1, 0.15) is 0 Å². The second kappa shape index (κ2) is 15.8. The maximum atomic E-state index is 12.0. The van der Waals surface area contributed by atoms with Crippen LogP contribution in [-0.4, -0.2) is 36.1 Å². The average molecular weight is 581 g/mol. The normalized spacial score (nSPS) is 10.8. The van der Waals surface area contributed by atoms with E-state index in [1.54, 1.807) is 72.8 Å². The van der Waals surface area contributed by atoms with Crippen molar-refractivity contribution in [1.29, 1.82) is 0 Å². The molecule has 0 atom stereocenters. The molecule has 0 bridgehead atoms. The Hall–Kier alpha value is -4.54. The summed E-state index contributed by atoms with van der Waals surface area (Å²) < 4.78 is 0. The van der Waals surface area contributed by atoms with Gasteiger partial charge in [0, 0.05) is 25.7 Å². The molecule has 10 nitrogen and oxygen atoms in total. The van der Waals surface area contributed by atoms with Crippen molar-refractivity contribution in [3.05, 3.63) is 94.0 Å². The van der Waals surface area contributed by atoms with Crippen molar-refractivity contribution in [3.8, 4) is 0 Å². The monoisotopic (exact) mass is 580 g/mol. The van der Waals surface area contributed by atoms with Crippen LogP contribution < -0.4 is 21.5 Å². The van der Waals surface area contributed by atoms with E-state index >= 15 is 0 Å². The molecule has 0 saturated heterocycles. The van der Waals surface area contributed by atoms with Crippen LogP contribution in [0.3, 0.4) is 0 Å². The Bertz CT molecular complexity index is 1300. The lowest BCUT2D eigenvalue weighted by Crippen LogP contribution is -2.20. The quantitative estimate of drug-likeness (QED) is 0.181. The van der Waals surface area contributed by atoms with Crippen LogP contribution >= 0.6 is 23.2 Å². The van der Waals surface area contributed by atoms with Gasteiger partial charge in [-0.3, -0.25) is 19.2 Å². The molecule has 0 spiro atoms. The van der Waals surface area contributed by atoms with Gasteiger partial charge in [-0.1, -0.05) is 71.7 Å². The Balaban J connectivity index is 1.33. The average Bonchev–Trinajstić information content (AvgIpc) is 2.94. The van der Waals surface area contributed by atoms with Crippen LogP contribution in [-0.2, 0) is 19.2 Å².